The first kappa shape index (κ1) is 14.2. The van der Waals surface area contributed by atoms with Crippen LogP contribution in [0.3, 0.4) is 0 Å². The monoisotopic (exact) mass is 241 g/mol. The van der Waals surface area contributed by atoms with Gasteiger partial charge in [-0.25, -0.2) is 0 Å². The Bertz CT molecular complexity index is 265. The number of hydrogen-bond donors (Lipinski definition) is 2. The van der Waals surface area contributed by atoms with E-state index < -0.39 is 6.10 Å². The van der Waals surface area contributed by atoms with Crippen LogP contribution in [0, 0.1) is 0 Å². The Hall–Kier alpha value is -0.870. The number of carbonyl (C=O) groups is 1. The van der Waals surface area contributed by atoms with Gasteiger partial charge in [0.05, 0.1) is 18.8 Å². The molecule has 1 fully saturated rings. The van der Waals surface area contributed by atoms with E-state index in [4.69, 9.17) is 5.11 Å². The van der Waals surface area contributed by atoms with E-state index >= 15 is 0 Å². The van der Waals surface area contributed by atoms with Gasteiger partial charge in [0.1, 0.15) is 0 Å². The molecule has 2 N–H and O–H groups in total. The molecule has 0 aliphatic carbocycles. The highest BCUT2D eigenvalue weighted by Crippen LogP contribution is 2.18. The van der Waals surface area contributed by atoms with Crippen molar-refractivity contribution in [3.05, 3.63) is 12.3 Å². The summed E-state index contributed by atoms with van der Waals surface area (Å²) in [7, 11) is 0. The van der Waals surface area contributed by atoms with E-state index in [2.05, 4.69) is 6.92 Å². The molecule has 2 atom stereocenters. The Labute approximate surface area is 103 Å². The summed E-state index contributed by atoms with van der Waals surface area (Å²) in [6, 6.07) is -0.110. The van der Waals surface area contributed by atoms with Crippen molar-refractivity contribution in [2.24, 2.45) is 0 Å². The third-order valence-electron chi connectivity index (χ3n) is 3.16. The summed E-state index contributed by atoms with van der Waals surface area (Å²) in [6.07, 6.45) is 7.96. The van der Waals surface area contributed by atoms with Gasteiger partial charge in [-0.1, -0.05) is 26.2 Å². The number of nitrogens with zero attached hydrogens (tertiary/aromatic N) is 1. The fourth-order valence-corrected chi connectivity index (χ4v) is 2.04. The quantitative estimate of drug-likeness (QED) is 0.663. The standard InChI is InChI=1S/C13H23NO3/c1-2-3-4-5-12(16)8-9-14-11(10-15)6-7-13(14)17/h8-9,11-12,15-16H,2-7,10H2,1H3/b9-8+/t11-,12+/m1/s1. The van der Waals surface area contributed by atoms with Crippen LogP contribution in [0.1, 0.15) is 45.4 Å². The predicted octanol–water partition coefficient (Wildman–Crippen LogP) is 1.42. The summed E-state index contributed by atoms with van der Waals surface area (Å²) in [5.41, 5.74) is 0. The Morgan fingerprint density at radius 2 is 2.29 bits per heavy atom. The van der Waals surface area contributed by atoms with Crippen molar-refractivity contribution in [1.29, 1.82) is 0 Å². The van der Waals surface area contributed by atoms with Crippen molar-refractivity contribution in [2.45, 2.75) is 57.6 Å². The van der Waals surface area contributed by atoms with E-state index in [0.29, 0.717) is 12.8 Å². The summed E-state index contributed by atoms with van der Waals surface area (Å²) >= 11 is 0. The van der Waals surface area contributed by atoms with Gasteiger partial charge in [0.15, 0.2) is 0 Å². The molecule has 0 aromatic rings. The Balaban J connectivity index is 2.37. The number of hydrogen-bond acceptors (Lipinski definition) is 3. The summed E-state index contributed by atoms with van der Waals surface area (Å²) in [5, 5.41) is 18.8. The average Bonchev–Trinajstić information content (AvgIpc) is 2.67. The fraction of sp³-hybridized carbons (Fsp3) is 0.769. The molecule has 17 heavy (non-hydrogen) atoms. The topological polar surface area (TPSA) is 60.8 Å². The van der Waals surface area contributed by atoms with Crippen LogP contribution in [-0.4, -0.2) is 39.8 Å². The molecular formula is C13H23NO3. The van der Waals surface area contributed by atoms with Gasteiger partial charge in [0, 0.05) is 12.6 Å². The molecule has 0 saturated carbocycles. The van der Waals surface area contributed by atoms with Crippen molar-refractivity contribution in [1.82, 2.24) is 4.90 Å². The van der Waals surface area contributed by atoms with E-state index in [1.807, 2.05) is 0 Å². The molecule has 0 aromatic heterocycles. The van der Waals surface area contributed by atoms with Crippen molar-refractivity contribution < 1.29 is 15.0 Å². The number of unbranched alkanes of at least 4 members (excludes halogenated alkanes) is 2. The number of aliphatic hydroxyl groups is 2. The highest BCUT2D eigenvalue weighted by molar-refractivity contribution is 5.79. The summed E-state index contributed by atoms with van der Waals surface area (Å²) in [5.74, 6) is 0.0288. The number of amides is 1. The first-order valence-electron chi connectivity index (χ1n) is 6.47. The fourth-order valence-electron chi connectivity index (χ4n) is 2.04. The average molecular weight is 241 g/mol. The number of likely N-dealkylation sites (tertiary alicyclic amines) is 1. The van der Waals surface area contributed by atoms with Gasteiger partial charge < -0.3 is 15.1 Å². The molecule has 1 saturated heterocycles. The van der Waals surface area contributed by atoms with Crippen molar-refractivity contribution >= 4 is 5.91 Å². The lowest BCUT2D eigenvalue weighted by molar-refractivity contribution is -0.126. The van der Waals surface area contributed by atoms with Crippen LogP contribution in [0.5, 0.6) is 0 Å². The van der Waals surface area contributed by atoms with Crippen LogP contribution < -0.4 is 0 Å². The molecule has 1 rings (SSSR count). The summed E-state index contributed by atoms with van der Waals surface area (Å²) in [6.45, 7) is 2.11. The lowest BCUT2D eigenvalue weighted by Gasteiger charge is -2.19. The molecule has 0 radical (unpaired) electrons. The molecule has 4 nitrogen and oxygen atoms in total. The third kappa shape index (κ3) is 4.48. The van der Waals surface area contributed by atoms with Crippen LogP contribution in [0.25, 0.3) is 0 Å². The van der Waals surface area contributed by atoms with E-state index in [9.17, 15) is 9.90 Å². The normalized spacial score (nSPS) is 22.6. The van der Waals surface area contributed by atoms with E-state index in [1.54, 1.807) is 17.2 Å². The van der Waals surface area contributed by atoms with Gasteiger partial charge in [-0.3, -0.25) is 4.79 Å². The van der Waals surface area contributed by atoms with Gasteiger partial charge in [0.25, 0.3) is 0 Å². The molecule has 0 spiro atoms. The molecule has 0 aromatic carbocycles. The lowest BCUT2D eigenvalue weighted by atomic mass is 10.1. The lowest BCUT2D eigenvalue weighted by Crippen LogP contribution is -2.30. The molecule has 1 heterocycles. The van der Waals surface area contributed by atoms with Gasteiger partial charge in [-0.05, 0) is 18.9 Å². The zero-order valence-corrected chi connectivity index (χ0v) is 10.5. The van der Waals surface area contributed by atoms with Gasteiger partial charge in [0.2, 0.25) is 5.91 Å². The van der Waals surface area contributed by atoms with Crippen LogP contribution >= 0.6 is 0 Å². The maximum absolute atomic E-state index is 11.5. The third-order valence-corrected chi connectivity index (χ3v) is 3.16. The van der Waals surface area contributed by atoms with Crippen LogP contribution in [0.15, 0.2) is 12.3 Å². The minimum Gasteiger partial charge on any atom is -0.394 e. The molecule has 1 aliphatic heterocycles. The zero-order valence-electron chi connectivity index (χ0n) is 10.5. The second-order valence-corrected chi connectivity index (χ2v) is 4.58. The number of aliphatic hydroxyl groups excluding tert-OH is 2. The van der Waals surface area contributed by atoms with E-state index in [-0.39, 0.29) is 18.6 Å². The van der Waals surface area contributed by atoms with Crippen LogP contribution in [0.2, 0.25) is 0 Å². The molecule has 98 valence electrons. The van der Waals surface area contributed by atoms with Crippen molar-refractivity contribution in [3.63, 3.8) is 0 Å². The van der Waals surface area contributed by atoms with E-state index in [0.717, 1.165) is 25.7 Å². The van der Waals surface area contributed by atoms with Crippen LogP contribution in [0.4, 0.5) is 0 Å². The van der Waals surface area contributed by atoms with Crippen molar-refractivity contribution in [3.8, 4) is 0 Å². The smallest absolute Gasteiger partial charge is 0.226 e. The van der Waals surface area contributed by atoms with E-state index in [1.165, 1.54) is 0 Å². The molecule has 1 aliphatic rings. The summed E-state index contributed by atoms with van der Waals surface area (Å²) in [4.78, 5) is 13.0. The number of carbonyl (C=O) groups excluding carboxylic acids is 1. The first-order chi connectivity index (χ1) is 8.19. The Morgan fingerprint density at radius 3 is 2.94 bits per heavy atom. The minimum absolute atomic E-state index is 0.0119. The number of rotatable bonds is 7. The Morgan fingerprint density at radius 1 is 1.53 bits per heavy atom. The summed E-state index contributed by atoms with van der Waals surface area (Å²) < 4.78 is 0. The van der Waals surface area contributed by atoms with Gasteiger partial charge in [-0.2, -0.15) is 0 Å². The van der Waals surface area contributed by atoms with Crippen molar-refractivity contribution in [2.75, 3.05) is 6.61 Å². The maximum atomic E-state index is 11.5. The molecule has 1 amide bonds. The molecule has 4 heteroatoms. The Kier molecular flexibility index (Phi) is 6.22. The van der Waals surface area contributed by atoms with Gasteiger partial charge >= 0.3 is 0 Å². The SMILES string of the molecule is CCCCC[C@H](O)/C=C/N1C(=O)CC[C@@H]1CO. The maximum Gasteiger partial charge on any atom is 0.226 e. The molecular weight excluding hydrogens is 218 g/mol. The first-order valence-corrected chi connectivity index (χ1v) is 6.47. The van der Waals surface area contributed by atoms with Gasteiger partial charge in [-0.15, -0.1) is 0 Å². The second kappa shape index (κ2) is 7.45. The highest BCUT2D eigenvalue weighted by atomic mass is 16.3. The largest absolute Gasteiger partial charge is 0.394 e. The second-order valence-electron chi connectivity index (χ2n) is 4.58. The minimum atomic E-state index is -0.491. The highest BCUT2D eigenvalue weighted by Gasteiger charge is 2.28. The predicted molar refractivity (Wildman–Crippen MR) is 66.2 cm³/mol. The molecule has 0 bridgehead atoms. The van der Waals surface area contributed by atoms with Crippen LogP contribution in [-0.2, 0) is 4.79 Å². The molecule has 0 unspecified atom stereocenters. The zero-order chi connectivity index (χ0) is 12.7.